The highest BCUT2D eigenvalue weighted by molar-refractivity contribution is 5.75. The van der Waals surface area contributed by atoms with Crippen LogP contribution in [0.5, 0.6) is 0 Å². The van der Waals surface area contributed by atoms with Crippen LogP contribution in [0, 0.1) is 0 Å². The van der Waals surface area contributed by atoms with Gasteiger partial charge in [0.1, 0.15) is 6.04 Å². The summed E-state index contributed by atoms with van der Waals surface area (Å²) in [6.45, 7) is 3.71. The molecule has 1 unspecified atom stereocenters. The van der Waals surface area contributed by atoms with Gasteiger partial charge in [-0.05, 0) is 48.7 Å². The summed E-state index contributed by atoms with van der Waals surface area (Å²) in [5, 5.41) is 0. The first-order valence-corrected chi connectivity index (χ1v) is 8.65. The molecule has 26 heavy (non-hydrogen) atoms. The predicted octanol–water partition coefficient (Wildman–Crippen LogP) is 4.31. The Morgan fingerprint density at radius 1 is 0.962 bits per heavy atom. The topological polar surface area (TPSA) is 48.3 Å². The van der Waals surface area contributed by atoms with Crippen molar-refractivity contribution in [1.29, 1.82) is 0 Å². The number of benzene rings is 2. The normalized spacial score (nSPS) is 11.8. The molecule has 0 saturated carbocycles. The van der Waals surface area contributed by atoms with E-state index in [-0.39, 0.29) is 12.2 Å². The van der Waals surface area contributed by atoms with E-state index in [4.69, 9.17) is 4.74 Å². The van der Waals surface area contributed by atoms with Crippen LogP contribution in [-0.4, -0.2) is 17.1 Å². The monoisotopic (exact) mass is 347 g/mol. The van der Waals surface area contributed by atoms with Crippen LogP contribution in [0.4, 0.5) is 0 Å². The van der Waals surface area contributed by atoms with Gasteiger partial charge in [-0.3, -0.25) is 4.79 Å². The minimum atomic E-state index is -0.667. The molecule has 132 valence electrons. The highest BCUT2D eigenvalue weighted by Gasteiger charge is 2.18. The number of ether oxygens (including phenoxy) is 1. The van der Waals surface area contributed by atoms with Crippen molar-refractivity contribution in [3.05, 3.63) is 83.3 Å². The maximum absolute atomic E-state index is 12.9. The van der Waals surface area contributed by atoms with Gasteiger partial charge >= 0.3 is 5.97 Å². The van der Waals surface area contributed by atoms with E-state index in [1.54, 1.807) is 32.2 Å². The van der Waals surface area contributed by atoms with E-state index in [2.05, 4.69) is 0 Å². The maximum Gasteiger partial charge on any atom is 0.328 e. The minimum Gasteiger partial charge on any atom is -0.464 e. The van der Waals surface area contributed by atoms with E-state index in [0.29, 0.717) is 5.56 Å². The summed E-state index contributed by atoms with van der Waals surface area (Å²) in [4.78, 5) is 24.9. The van der Waals surface area contributed by atoms with E-state index in [0.717, 1.165) is 16.7 Å². The Morgan fingerprint density at radius 2 is 1.65 bits per heavy atom. The first-order chi connectivity index (χ1) is 12.6. The first-order valence-electron chi connectivity index (χ1n) is 8.65. The second-order valence-electron chi connectivity index (χ2n) is 6.01. The largest absolute Gasteiger partial charge is 0.464 e. The molecule has 3 rings (SSSR count). The third-order valence-electron chi connectivity index (χ3n) is 4.30. The Kier molecular flexibility index (Phi) is 5.32. The molecule has 0 N–H and O–H groups in total. The van der Waals surface area contributed by atoms with E-state index in [9.17, 15) is 9.59 Å². The zero-order valence-electron chi connectivity index (χ0n) is 14.9. The standard InChI is InChI=1S/C22H21NO3/c1-3-26-22(25)16(2)23-14-8-13-20(21(23)24)19-12-7-11-18(15-19)17-9-5-4-6-10-17/h4-16H,3H2,1-2H3. The maximum atomic E-state index is 12.9. The van der Waals surface area contributed by atoms with Crippen molar-refractivity contribution in [3.63, 3.8) is 0 Å². The molecule has 1 aromatic heterocycles. The average Bonchev–Trinajstić information content (AvgIpc) is 2.68. The number of hydrogen-bond acceptors (Lipinski definition) is 3. The smallest absolute Gasteiger partial charge is 0.328 e. The van der Waals surface area contributed by atoms with Crippen molar-refractivity contribution in [3.8, 4) is 22.3 Å². The van der Waals surface area contributed by atoms with Crippen LogP contribution in [0.1, 0.15) is 19.9 Å². The highest BCUT2D eigenvalue weighted by Crippen LogP contribution is 2.24. The fourth-order valence-electron chi connectivity index (χ4n) is 2.91. The zero-order chi connectivity index (χ0) is 18.5. The lowest BCUT2D eigenvalue weighted by atomic mass is 10.00. The fourth-order valence-corrected chi connectivity index (χ4v) is 2.91. The van der Waals surface area contributed by atoms with Gasteiger partial charge in [-0.1, -0.05) is 48.5 Å². The van der Waals surface area contributed by atoms with Gasteiger partial charge in [0, 0.05) is 11.8 Å². The van der Waals surface area contributed by atoms with E-state index >= 15 is 0 Å². The van der Waals surface area contributed by atoms with Crippen LogP contribution in [0.25, 0.3) is 22.3 Å². The number of aromatic nitrogens is 1. The molecule has 0 bridgehead atoms. The second kappa shape index (κ2) is 7.83. The van der Waals surface area contributed by atoms with Crippen LogP contribution >= 0.6 is 0 Å². The minimum absolute atomic E-state index is 0.210. The van der Waals surface area contributed by atoms with Crippen LogP contribution in [0.15, 0.2) is 77.7 Å². The molecule has 4 nitrogen and oxygen atoms in total. The van der Waals surface area contributed by atoms with Gasteiger partial charge in [0.15, 0.2) is 0 Å². The molecule has 3 aromatic rings. The Bertz CT molecular complexity index is 960. The van der Waals surface area contributed by atoms with Crippen molar-refractivity contribution in [2.45, 2.75) is 19.9 Å². The molecule has 4 heteroatoms. The van der Waals surface area contributed by atoms with Crippen LogP contribution in [-0.2, 0) is 9.53 Å². The fraction of sp³-hybridized carbons (Fsp3) is 0.182. The lowest BCUT2D eigenvalue weighted by Gasteiger charge is -2.15. The van der Waals surface area contributed by atoms with Crippen LogP contribution in [0.3, 0.4) is 0 Å². The number of nitrogens with zero attached hydrogens (tertiary/aromatic N) is 1. The summed E-state index contributed by atoms with van der Waals surface area (Å²) in [6.07, 6.45) is 1.62. The van der Waals surface area contributed by atoms with Gasteiger partial charge in [-0.2, -0.15) is 0 Å². The Morgan fingerprint density at radius 3 is 2.38 bits per heavy atom. The van der Waals surface area contributed by atoms with E-state index in [1.807, 2.05) is 54.6 Å². The van der Waals surface area contributed by atoms with Gasteiger partial charge < -0.3 is 9.30 Å². The molecule has 0 aliphatic heterocycles. The summed E-state index contributed by atoms with van der Waals surface area (Å²) in [5.41, 5.74) is 3.29. The first kappa shape index (κ1) is 17.7. The molecule has 0 fully saturated rings. The number of pyridine rings is 1. The average molecular weight is 347 g/mol. The number of carbonyl (C=O) groups is 1. The SMILES string of the molecule is CCOC(=O)C(C)n1cccc(-c2cccc(-c3ccccc3)c2)c1=O. The molecule has 0 aliphatic carbocycles. The van der Waals surface area contributed by atoms with E-state index < -0.39 is 12.0 Å². The molecule has 0 saturated heterocycles. The van der Waals surface area contributed by atoms with Crippen molar-refractivity contribution in [1.82, 2.24) is 4.57 Å². The second-order valence-corrected chi connectivity index (χ2v) is 6.01. The summed E-state index contributed by atoms with van der Waals surface area (Å²) in [7, 11) is 0. The molecule has 0 radical (unpaired) electrons. The molecule has 2 aromatic carbocycles. The molecular formula is C22H21NO3. The Balaban J connectivity index is 2.02. The van der Waals surface area contributed by atoms with Gasteiger partial charge in [0.05, 0.1) is 6.61 Å². The van der Waals surface area contributed by atoms with Crippen molar-refractivity contribution >= 4 is 5.97 Å². The number of hydrogen-bond donors (Lipinski definition) is 0. The molecule has 0 amide bonds. The molecule has 0 aliphatic rings. The van der Waals surface area contributed by atoms with Crippen molar-refractivity contribution in [2.75, 3.05) is 6.61 Å². The van der Waals surface area contributed by atoms with Gasteiger partial charge in [-0.25, -0.2) is 4.79 Å². The molecule has 1 atom stereocenters. The molecule has 1 heterocycles. The third kappa shape index (κ3) is 3.59. The zero-order valence-corrected chi connectivity index (χ0v) is 14.9. The van der Waals surface area contributed by atoms with Gasteiger partial charge in [0.2, 0.25) is 0 Å². The van der Waals surface area contributed by atoms with Gasteiger partial charge in [-0.15, -0.1) is 0 Å². The van der Waals surface area contributed by atoms with Gasteiger partial charge in [0.25, 0.3) is 5.56 Å². The quantitative estimate of drug-likeness (QED) is 0.646. The predicted molar refractivity (Wildman–Crippen MR) is 103 cm³/mol. The molecule has 0 spiro atoms. The van der Waals surface area contributed by atoms with Crippen LogP contribution < -0.4 is 5.56 Å². The van der Waals surface area contributed by atoms with Crippen LogP contribution in [0.2, 0.25) is 0 Å². The lowest BCUT2D eigenvalue weighted by molar-refractivity contribution is -0.146. The summed E-state index contributed by atoms with van der Waals surface area (Å²) in [5.74, 6) is -0.412. The summed E-state index contributed by atoms with van der Waals surface area (Å²) in [6, 6.07) is 20.7. The summed E-state index contributed by atoms with van der Waals surface area (Å²) < 4.78 is 6.46. The van der Waals surface area contributed by atoms with E-state index in [1.165, 1.54) is 4.57 Å². The van der Waals surface area contributed by atoms with Crippen molar-refractivity contribution < 1.29 is 9.53 Å². The van der Waals surface area contributed by atoms with Crippen molar-refractivity contribution in [2.24, 2.45) is 0 Å². The number of esters is 1. The Hall–Kier alpha value is -3.14. The number of rotatable bonds is 5. The highest BCUT2D eigenvalue weighted by atomic mass is 16.5. The lowest BCUT2D eigenvalue weighted by Crippen LogP contribution is -2.29. The molecular weight excluding hydrogens is 326 g/mol. The Labute approximate surface area is 152 Å². The third-order valence-corrected chi connectivity index (χ3v) is 4.30. The number of carbonyl (C=O) groups excluding carboxylic acids is 1. The summed E-state index contributed by atoms with van der Waals surface area (Å²) >= 11 is 0.